The van der Waals surface area contributed by atoms with E-state index in [2.05, 4.69) is 81.5 Å². The Labute approximate surface area is 436 Å². The molecule has 0 aliphatic heterocycles. The van der Waals surface area contributed by atoms with Crippen molar-refractivity contribution < 1.29 is 23.8 Å². The molecular formula is C65H118O5. The first kappa shape index (κ1) is 67.6. The van der Waals surface area contributed by atoms with Crippen LogP contribution in [0.4, 0.5) is 0 Å². The summed E-state index contributed by atoms with van der Waals surface area (Å²) in [7, 11) is 0. The molecule has 0 amide bonds. The minimum absolute atomic E-state index is 0.0792. The van der Waals surface area contributed by atoms with Crippen molar-refractivity contribution in [3.63, 3.8) is 0 Å². The van der Waals surface area contributed by atoms with Gasteiger partial charge in [-0.05, 0) is 83.5 Å². The van der Waals surface area contributed by atoms with Gasteiger partial charge < -0.3 is 14.2 Å². The van der Waals surface area contributed by atoms with E-state index in [1.807, 2.05) is 0 Å². The van der Waals surface area contributed by atoms with Crippen molar-refractivity contribution in [3.05, 3.63) is 60.8 Å². The van der Waals surface area contributed by atoms with Gasteiger partial charge in [0, 0.05) is 19.4 Å². The predicted octanol–water partition coefficient (Wildman–Crippen LogP) is 21.2. The number of carbonyl (C=O) groups is 2. The minimum Gasteiger partial charge on any atom is -0.462 e. The second-order valence-electron chi connectivity index (χ2n) is 20.6. The summed E-state index contributed by atoms with van der Waals surface area (Å²) >= 11 is 0. The van der Waals surface area contributed by atoms with E-state index in [0.717, 1.165) is 77.0 Å². The van der Waals surface area contributed by atoms with Crippen molar-refractivity contribution in [2.24, 2.45) is 0 Å². The number of esters is 2. The van der Waals surface area contributed by atoms with E-state index >= 15 is 0 Å². The molecule has 0 bridgehead atoms. The summed E-state index contributed by atoms with van der Waals surface area (Å²) in [5.74, 6) is -0.402. The van der Waals surface area contributed by atoms with Gasteiger partial charge in [-0.2, -0.15) is 0 Å². The van der Waals surface area contributed by atoms with Crippen LogP contribution in [0.2, 0.25) is 0 Å². The summed E-state index contributed by atoms with van der Waals surface area (Å²) in [5.41, 5.74) is 0. The van der Waals surface area contributed by atoms with E-state index in [1.54, 1.807) is 0 Å². The number of hydrogen-bond acceptors (Lipinski definition) is 5. The highest BCUT2D eigenvalue weighted by molar-refractivity contribution is 5.70. The fraction of sp³-hybridized carbons (Fsp3) is 0.815. The molecule has 0 aromatic rings. The van der Waals surface area contributed by atoms with Crippen LogP contribution in [0, 0.1) is 0 Å². The summed E-state index contributed by atoms with van der Waals surface area (Å²) in [4.78, 5) is 25.6. The first-order valence-corrected chi connectivity index (χ1v) is 30.8. The molecule has 1 unspecified atom stereocenters. The van der Waals surface area contributed by atoms with Crippen LogP contribution >= 0.6 is 0 Å². The van der Waals surface area contributed by atoms with E-state index < -0.39 is 6.10 Å². The van der Waals surface area contributed by atoms with Crippen LogP contribution in [0.1, 0.15) is 316 Å². The van der Waals surface area contributed by atoms with Crippen molar-refractivity contribution in [1.29, 1.82) is 0 Å². The molecule has 408 valence electrons. The molecule has 0 saturated carbocycles. The average Bonchev–Trinajstić information content (AvgIpc) is 3.36. The summed E-state index contributed by atoms with van der Waals surface area (Å²) < 4.78 is 17.5. The third-order valence-corrected chi connectivity index (χ3v) is 13.5. The SMILES string of the molecule is CC/C=C\C/C=C\C/C=C\CCCCCCCCCC(=O)OCC(COCCCCCCCCCCCCCCCCCCCCCC)OC(=O)CCCCCCCCC/C=C\C/C=C\CCCCC. The van der Waals surface area contributed by atoms with Crippen LogP contribution in [0.5, 0.6) is 0 Å². The minimum atomic E-state index is -0.545. The van der Waals surface area contributed by atoms with Crippen molar-refractivity contribution in [2.45, 2.75) is 322 Å². The highest BCUT2D eigenvalue weighted by Gasteiger charge is 2.17. The molecule has 0 N–H and O–H groups in total. The molecule has 0 radical (unpaired) electrons. The average molecular weight is 980 g/mol. The van der Waals surface area contributed by atoms with Gasteiger partial charge in [-0.25, -0.2) is 0 Å². The lowest BCUT2D eigenvalue weighted by Gasteiger charge is -2.18. The van der Waals surface area contributed by atoms with Crippen LogP contribution in [0.3, 0.4) is 0 Å². The molecule has 0 saturated heterocycles. The Balaban J connectivity index is 4.26. The molecule has 0 rings (SSSR count). The molecule has 0 fully saturated rings. The number of rotatable bonds is 57. The fourth-order valence-electron chi connectivity index (χ4n) is 8.97. The lowest BCUT2D eigenvalue weighted by molar-refractivity contribution is -0.163. The standard InChI is InChI=1S/C65H118O5/c1-4-7-10-13-16-19-22-25-28-31-32-33-36-39-42-45-48-51-54-57-60-68-61-63(70-65(67)59-56-53-50-47-44-41-38-35-30-27-24-21-18-15-12-9-6-3)62-69-64(66)58-55-52-49-46-43-40-37-34-29-26-23-20-17-14-11-8-5-2/h8,11,17-18,20-21,26-27,29-30,63H,4-7,9-10,12-16,19,22-25,28,31-62H2,1-3H3/b11-8-,20-17-,21-18-,29-26-,30-27-. The largest absolute Gasteiger partial charge is 0.462 e. The predicted molar refractivity (Wildman–Crippen MR) is 307 cm³/mol. The monoisotopic (exact) mass is 979 g/mol. The Hall–Kier alpha value is -2.40. The van der Waals surface area contributed by atoms with Crippen LogP contribution in [-0.2, 0) is 23.8 Å². The van der Waals surface area contributed by atoms with Gasteiger partial charge in [0.1, 0.15) is 6.61 Å². The molecule has 0 aromatic heterocycles. The molecule has 5 nitrogen and oxygen atoms in total. The smallest absolute Gasteiger partial charge is 0.306 e. The quantitative estimate of drug-likeness (QED) is 0.0345. The molecule has 0 aromatic carbocycles. The van der Waals surface area contributed by atoms with Gasteiger partial charge in [-0.15, -0.1) is 0 Å². The van der Waals surface area contributed by atoms with Crippen molar-refractivity contribution in [3.8, 4) is 0 Å². The number of hydrogen-bond donors (Lipinski definition) is 0. The third-order valence-electron chi connectivity index (χ3n) is 13.5. The number of unbranched alkanes of at least 4 members (excludes halogenated alkanes) is 36. The molecule has 0 heterocycles. The zero-order valence-electron chi connectivity index (χ0n) is 47.0. The Bertz CT molecular complexity index is 1200. The van der Waals surface area contributed by atoms with Crippen LogP contribution in [0.25, 0.3) is 0 Å². The fourth-order valence-corrected chi connectivity index (χ4v) is 8.97. The molecule has 70 heavy (non-hydrogen) atoms. The Kier molecular flexibility index (Phi) is 58.8. The van der Waals surface area contributed by atoms with E-state index in [4.69, 9.17) is 14.2 Å². The summed E-state index contributed by atoms with van der Waals surface area (Å²) in [6.07, 6.45) is 78.2. The van der Waals surface area contributed by atoms with E-state index in [-0.39, 0.29) is 25.2 Å². The maximum atomic E-state index is 12.9. The van der Waals surface area contributed by atoms with Gasteiger partial charge in [-0.3, -0.25) is 9.59 Å². The van der Waals surface area contributed by atoms with Gasteiger partial charge in [0.05, 0.1) is 6.61 Å². The number of carbonyl (C=O) groups excluding carboxylic acids is 2. The molecule has 0 aliphatic carbocycles. The zero-order valence-corrected chi connectivity index (χ0v) is 47.0. The Morgan fingerprint density at radius 3 is 1.06 bits per heavy atom. The highest BCUT2D eigenvalue weighted by atomic mass is 16.6. The van der Waals surface area contributed by atoms with Crippen molar-refractivity contribution in [1.82, 2.24) is 0 Å². The van der Waals surface area contributed by atoms with Gasteiger partial charge in [0.15, 0.2) is 6.10 Å². The molecular weight excluding hydrogens is 861 g/mol. The lowest BCUT2D eigenvalue weighted by Crippen LogP contribution is -2.30. The van der Waals surface area contributed by atoms with Gasteiger partial charge >= 0.3 is 11.9 Å². The first-order valence-electron chi connectivity index (χ1n) is 30.8. The van der Waals surface area contributed by atoms with Gasteiger partial charge in [0.25, 0.3) is 0 Å². The second kappa shape index (κ2) is 60.9. The molecule has 5 heteroatoms. The van der Waals surface area contributed by atoms with Crippen LogP contribution < -0.4 is 0 Å². The topological polar surface area (TPSA) is 61.8 Å². The van der Waals surface area contributed by atoms with Crippen LogP contribution in [0.15, 0.2) is 60.8 Å². The van der Waals surface area contributed by atoms with Gasteiger partial charge in [-0.1, -0.05) is 281 Å². The zero-order chi connectivity index (χ0) is 50.6. The Morgan fingerprint density at radius 1 is 0.329 bits per heavy atom. The first-order chi connectivity index (χ1) is 34.6. The van der Waals surface area contributed by atoms with Crippen molar-refractivity contribution >= 4 is 11.9 Å². The maximum Gasteiger partial charge on any atom is 0.306 e. The normalized spacial score (nSPS) is 12.6. The molecule has 0 aliphatic rings. The van der Waals surface area contributed by atoms with E-state index in [9.17, 15) is 9.59 Å². The van der Waals surface area contributed by atoms with E-state index in [1.165, 1.54) is 205 Å². The van der Waals surface area contributed by atoms with Crippen molar-refractivity contribution in [2.75, 3.05) is 19.8 Å². The summed E-state index contributed by atoms with van der Waals surface area (Å²) in [6, 6.07) is 0. The third kappa shape index (κ3) is 58.2. The summed E-state index contributed by atoms with van der Waals surface area (Å²) in [5, 5.41) is 0. The molecule has 0 spiro atoms. The molecule has 1 atom stereocenters. The highest BCUT2D eigenvalue weighted by Crippen LogP contribution is 2.17. The number of allylic oxidation sites excluding steroid dienone is 10. The summed E-state index contributed by atoms with van der Waals surface area (Å²) in [6.45, 7) is 7.73. The van der Waals surface area contributed by atoms with Crippen LogP contribution in [-0.4, -0.2) is 37.9 Å². The van der Waals surface area contributed by atoms with Gasteiger partial charge in [0.2, 0.25) is 0 Å². The maximum absolute atomic E-state index is 12.9. The lowest BCUT2D eigenvalue weighted by atomic mass is 10.0. The second-order valence-corrected chi connectivity index (χ2v) is 20.6. The van der Waals surface area contributed by atoms with E-state index in [0.29, 0.717) is 19.4 Å². The number of ether oxygens (including phenoxy) is 3. The Morgan fingerprint density at radius 2 is 0.643 bits per heavy atom.